The van der Waals surface area contributed by atoms with E-state index in [1.54, 1.807) is 0 Å². The van der Waals surface area contributed by atoms with E-state index in [0.717, 1.165) is 19.2 Å². The maximum atomic E-state index is 14.3. The molecule has 226 valence electrons. The van der Waals surface area contributed by atoms with Crippen LogP contribution in [0.3, 0.4) is 0 Å². The third-order valence-electron chi connectivity index (χ3n) is 6.36. The molecule has 0 bridgehead atoms. The molecule has 3 rings (SSSR count). The Kier molecular flexibility index (Phi) is 11.0. The van der Waals surface area contributed by atoms with Crippen LogP contribution in [0.1, 0.15) is 38.8 Å². The number of anilines is 1. The zero-order valence-corrected chi connectivity index (χ0v) is 21.5. The molecule has 15 nitrogen and oxygen atoms in total. The van der Waals surface area contributed by atoms with Crippen LogP contribution in [0.4, 0.5) is 14.6 Å². The molecule has 3 heterocycles. The first-order valence-corrected chi connectivity index (χ1v) is 12.5. The minimum atomic E-state index is -3.86. The summed E-state index contributed by atoms with van der Waals surface area (Å²) in [4.78, 5) is 39.0. The highest BCUT2D eigenvalue weighted by molar-refractivity contribution is 5.89. The highest BCUT2D eigenvalue weighted by Crippen LogP contribution is 2.42. The van der Waals surface area contributed by atoms with Crippen molar-refractivity contribution in [3.05, 3.63) is 22.7 Å². The molecule has 0 aliphatic carbocycles. The number of esters is 1. The van der Waals surface area contributed by atoms with Gasteiger partial charge in [-0.15, -0.1) is 0 Å². The molecule has 0 aromatic carbocycles. The number of nitrogens with zero attached hydrogens (tertiary/aromatic N) is 2. The number of hydrogen-bond acceptors (Lipinski definition) is 13. The van der Waals surface area contributed by atoms with Crippen LogP contribution in [0.25, 0.3) is 0 Å². The lowest BCUT2D eigenvalue weighted by Crippen LogP contribution is -2.59. The predicted octanol–water partition coefficient (Wildman–Crippen LogP) is -1.98. The normalized spacial score (nSPS) is 31.6. The number of ether oxygens (including phenoxy) is 4. The van der Waals surface area contributed by atoms with E-state index in [1.165, 1.54) is 0 Å². The van der Waals surface area contributed by atoms with E-state index in [-0.39, 0.29) is 25.5 Å². The molecule has 0 radical (unpaired) electrons. The summed E-state index contributed by atoms with van der Waals surface area (Å²) in [5.74, 6) is -5.15. The monoisotopic (exact) mass is 581 g/mol. The average Bonchev–Trinajstić information content (AvgIpc) is 3.13. The zero-order chi connectivity index (χ0) is 29.6. The number of alkyl halides is 2. The first-order valence-electron chi connectivity index (χ1n) is 12.5. The molecule has 6 N–H and O–H groups in total. The molecule has 2 aliphatic heterocycles. The quantitative estimate of drug-likeness (QED) is 0.117. The van der Waals surface area contributed by atoms with Crippen LogP contribution in [0.15, 0.2) is 17.1 Å². The minimum absolute atomic E-state index is 0.0247. The van der Waals surface area contributed by atoms with Gasteiger partial charge >= 0.3 is 17.6 Å². The maximum Gasteiger partial charge on any atom is 0.351 e. The van der Waals surface area contributed by atoms with Crippen LogP contribution in [0.2, 0.25) is 0 Å². The van der Waals surface area contributed by atoms with Gasteiger partial charge in [0.15, 0.2) is 12.4 Å². The fourth-order valence-corrected chi connectivity index (χ4v) is 4.14. The van der Waals surface area contributed by atoms with E-state index >= 15 is 0 Å². The molecule has 1 aromatic heterocycles. The second kappa shape index (κ2) is 13.8. The van der Waals surface area contributed by atoms with Crippen molar-refractivity contribution in [2.75, 3.05) is 25.1 Å². The number of aliphatic hydroxyl groups is 5. The van der Waals surface area contributed by atoms with Crippen molar-refractivity contribution in [1.82, 2.24) is 9.55 Å². The Morgan fingerprint density at radius 1 is 1.10 bits per heavy atom. The van der Waals surface area contributed by atoms with Crippen molar-refractivity contribution in [3.8, 4) is 0 Å². The molecule has 2 saturated heterocycles. The van der Waals surface area contributed by atoms with E-state index < -0.39 is 79.2 Å². The van der Waals surface area contributed by atoms with Gasteiger partial charge in [0, 0.05) is 26.1 Å². The first-order chi connectivity index (χ1) is 18.9. The smallest absolute Gasteiger partial charge is 0.351 e. The highest BCUT2D eigenvalue weighted by Gasteiger charge is 2.59. The first kappa shape index (κ1) is 31.9. The number of carbonyl (C=O) groups is 2. The fourth-order valence-electron chi connectivity index (χ4n) is 4.14. The topological polar surface area (TPSA) is 219 Å². The van der Waals surface area contributed by atoms with Crippen molar-refractivity contribution in [1.29, 1.82) is 0 Å². The molecule has 40 heavy (non-hydrogen) atoms. The number of aromatic nitrogens is 2. The van der Waals surface area contributed by atoms with E-state index in [9.17, 15) is 43.6 Å². The van der Waals surface area contributed by atoms with Gasteiger partial charge < -0.3 is 49.8 Å². The Morgan fingerprint density at radius 3 is 2.45 bits per heavy atom. The largest absolute Gasteiger partial charge is 0.463 e. The molecule has 2 fully saturated rings. The Morgan fingerprint density at radius 2 is 1.82 bits per heavy atom. The number of halogens is 2. The van der Waals surface area contributed by atoms with Crippen molar-refractivity contribution < 1.29 is 62.8 Å². The van der Waals surface area contributed by atoms with Crippen LogP contribution in [-0.2, 0) is 28.5 Å². The molecule has 8 atom stereocenters. The Bertz CT molecular complexity index is 1080. The summed E-state index contributed by atoms with van der Waals surface area (Å²) in [6, 6.07) is 1.11. The summed E-state index contributed by atoms with van der Waals surface area (Å²) in [5.41, 5.74) is -1.16. The van der Waals surface area contributed by atoms with Crippen LogP contribution in [-0.4, -0.2) is 116 Å². The fraction of sp³-hybridized carbons (Fsp3) is 0.739. The zero-order valence-electron chi connectivity index (χ0n) is 21.5. The maximum absolute atomic E-state index is 14.3. The molecule has 1 aromatic rings. The van der Waals surface area contributed by atoms with Gasteiger partial charge in [0.1, 0.15) is 42.9 Å². The third-order valence-corrected chi connectivity index (χ3v) is 6.36. The van der Waals surface area contributed by atoms with E-state index in [1.807, 2.05) is 0 Å². The summed E-state index contributed by atoms with van der Waals surface area (Å²) < 4.78 is 49.5. The van der Waals surface area contributed by atoms with Gasteiger partial charge in [-0.25, -0.2) is 4.79 Å². The van der Waals surface area contributed by atoms with E-state index in [0.29, 0.717) is 23.8 Å². The number of unbranched alkanes of at least 4 members (excludes halogenated alkanes) is 2. The van der Waals surface area contributed by atoms with Gasteiger partial charge in [-0.1, -0.05) is 6.42 Å². The van der Waals surface area contributed by atoms with Gasteiger partial charge in [-0.2, -0.15) is 13.8 Å². The van der Waals surface area contributed by atoms with Gasteiger partial charge in [-0.3, -0.25) is 14.2 Å². The lowest BCUT2D eigenvalue weighted by atomic mass is 9.99. The number of aliphatic hydroxyl groups excluding tert-OH is 5. The molecule has 17 heteroatoms. The van der Waals surface area contributed by atoms with Crippen molar-refractivity contribution in [3.63, 3.8) is 0 Å². The number of nitrogens with one attached hydrogen (secondary N) is 1. The molecule has 1 amide bonds. The Hall–Kier alpha value is -2.64. The minimum Gasteiger partial charge on any atom is -0.463 e. The van der Waals surface area contributed by atoms with Crippen molar-refractivity contribution >= 4 is 17.7 Å². The van der Waals surface area contributed by atoms with Gasteiger partial charge in [0.25, 0.3) is 0 Å². The van der Waals surface area contributed by atoms with Crippen molar-refractivity contribution in [2.45, 2.75) is 87.7 Å². The number of hydrogen-bond donors (Lipinski definition) is 6. The van der Waals surface area contributed by atoms with Crippen LogP contribution < -0.4 is 11.0 Å². The lowest BCUT2D eigenvalue weighted by Gasteiger charge is -2.39. The van der Waals surface area contributed by atoms with Crippen LogP contribution in [0, 0.1) is 0 Å². The molecular formula is C23H33F2N3O12. The molecule has 0 saturated carbocycles. The summed E-state index contributed by atoms with van der Waals surface area (Å²) in [6.07, 6.45) is -10.8. The lowest BCUT2D eigenvalue weighted by molar-refractivity contribution is -0.301. The van der Waals surface area contributed by atoms with E-state index in [4.69, 9.17) is 24.1 Å². The summed E-state index contributed by atoms with van der Waals surface area (Å²) in [5, 5.41) is 51.1. The average molecular weight is 582 g/mol. The summed E-state index contributed by atoms with van der Waals surface area (Å²) in [7, 11) is 0. The number of amides is 1. The number of rotatable bonds is 12. The molecular weight excluding hydrogens is 548 g/mol. The van der Waals surface area contributed by atoms with Crippen molar-refractivity contribution in [2.24, 2.45) is 0 Å². The molecule has 2 aliphatic rings. The Labute approximate surface area is 226 Å². The second-order valence-electron chi connectivity index (χ2n) is 9.38. The number of carbonyl (C=O) groups excluding carboxylic acids is 2. The van der Waals surface area contributed by atoms with Gasteiger partial charge in [0.05, 0.1) is 6.61 Å². The van der Waals surface area contributed by atoms with Crippen LogP contribution >= 0.6 is 0 Å². The molecule has 4 unspecified atom stereocenters. The molecule has 0 spiro atoms. The third kappa shape index (κ3) is 7.55. The predicted molar refractivity (Wildman–Crippen MR) is 127 cm³/mol. The standard InChI is InChI=1S/C23H33F2N3O12/c1-11(30)38-10-13-16(32)17(33)18(34)20(39-13)37-8-4-2-3-5-15(31)26-14-6-7-28(22(36)27-14)21-23(24,25)19(35)12(9-29)40-21/h6-7,12-13,16-21,29,32-35H,2-5,8-10H2,1H3,(H,26,27,31,36)/t12?,13-,16-,17+,18+,19?,20?,21?/m1/s1. The van der Waals surface area contributed by atoms with Gasteiger partial charge in [0.2, 0.25) is 12.1 Å². The van der Waals surface area contributed by atoms with Gasteiger partial charge in [-0.05, 0) is 18.9 Å². The van der Waals surface area contributed by atoms with Crippen LogP contribution in [0.5, 0.6) is 0 Å². The summed E-state index contributed by atoms with van der Waals surface area (Å²) in [6.45, 7) is 0.0229. The highest BCUT2D eigenvalue weighted by atomic mass is 19.3. The Balaban J connectivity index is 1.40. The SMILES string of the molecule is CC(=O)OC[C@H]1OC(OCCCCCC(=O)Nc2ccn(C3OC(CO)C(O)C3(F)F)c(=O)n2)[C@@H](O)[C@@H](O)[C@@H]1O. The van der Waals surface area contributed by atoms with E-state index in [2.05, 4.69) is 10.3 Å². The second-order valence-corrected chi connectivity index (χ2v) is 9.38. The summed E-state index contributed by atoms with van der Waals surface area (Å²) >= 11 is 0.